The van der Waals surface area contributed by atoms with Crippen LogP contribution >= 0.6 is 0 Å². The minimum absolute atomic E-state index is 0.207. The molecule has 14 heavy (non-hydrogen) atoms. The lowest BCUT2D eigenvalue weighted by Gasteiger charge is -2.12. The second-order valence-corrected chi connectivity index (χ2v) is 3.04. The third-order valence-electron chi connectivity index (χ3n) is 1.97. The van der Waals surface area contributed by atoms with E-state index in [0.29, 0.717) is 6.42 Å². The largest absolute Gasteiger partial charge is 0.370 e. The van der Waals surface area contributed by atoms with Crippen LogP contribution in [0.2, 0.25) is 0 Å². The number of para-hydroxylation sites is 1. The minimum atomic E-state index is -0.207. The molecule has 0 amide bonds. The fraction of sp³-hybridized carbons (Fsp3) is 0.250. The maximum atomic E-state index is 8.53. The molecule has 0 aliphatic heterocycles. The molecule has 1 unspecified atom stereocenters. The number of terminal acetylenes is 1. The van der Waals surface area contributed by atoms with Gasteiger partial charge in [0.05, 0.1) is 12.5 Å². The van der Waals surface area contributed by atoms with E-state index in [9.17, 15) is 0 Å². The lowest BCUT2D eigenvalue weighted by atomic mass is 10.1. The Morgan fingerprint density at radius 2 is 2.21 bits per heavy atom. The van der Waals surface area contributed by atoms with Crippen LogP contribution in [0.4, 0.5) is 5.69 Å². The van der Waals surface area contributed by atoms with Gasteiger partial charge < -0.3 is 5.32 Å². The first-order chi connectivity index (χ1) is 6.77. The van der Waals surface area contributed by atoms with Crippen LogP contribution in [0.25, 0.3) is 0 Å². The Morgan fingerprint density at radius 3 is 2.79 bits per heavy atom. The van der Waals surface area contributed by atoms with Crippen molar-refractivity contribution >= 4 is 5.69 Å². The molecular weight excluding hydrogens is 172 g/mol. The zero-order valence-corrected chi connectivity index (χ0v) is 8.12. The summed E-state index contributed by atoms with van der Waals surface area (Å²) in [6.45, 7) is 2.00. The van der Waals surface area contributed by atoms with E-state index in [1.54, 1.807) is 0 Å². The number of nitrogens with zero attached hydrogens (tertiary/aromatic N) is 1. The molecule has 0 bridgehead atoms. The Kier molecular flexibility index (Phi) is 3.58. The van der Waals surface area contributed by atoms with Crippen molar-refractivity contribution in [3.05, 3.63) is 29.8 Å². The van der Waals surface area contributed by atoms with Gasteiger partial charge in [-0.05, 0) is 18.6 Å². The first-order valence-electron chi connectivity index (χ1n) is 4.43. The summed E-state index contributed by atoms with van der Waals surface area (Å²) in [4.78, 5) is 0. The van der Waals surface area contributed by atoms with E-state index >= 15 is 0 Å². The van der Waals surface area contributed by atoms with Crippen molar-refractivity contribution in [1.29, 1.82) is 5.26 Å². The van der Waals surface area contributed by atoms with Crippen molar-refractivity contribution in [3.63, 3.8) is 0 Å². The van der Waals surface area contributed by atoms with Gasteiger partial charge in [0.15, 0.2) is 0 Å². The van der Waals surface area contributed by atoms with Crippen LogP contribution in [-0.2, 0) is 0 Å². The van der Waals surface area contributed by atoms with Crippen LogP contribution in [0.3, 0.4) is 0 Å². The summed E-state index contributed by atoms with van der Waals surface area (Å²) in [6, 6.07) is 9.71. The first kappa shape index (κ1) is 10.2. The van der Waals surface area contributed by atoms with E-state index in [1.807, 2.05) is 31.2 Å². The molecule has 70 valence electrons. The first-order valence-corrected chi connectivity index (χ1v) is 4.43. The number of rotatable bonds is 3. The van der Waals surface area contributed by atoms with Crippen molar-refractivity contribution in [2.75, 3.05) is 5.32 Å². The molecule has 1 aromatic rings. The molecule has 0 fully saturated rings. The highest BCUT2D eigenvalue weighted by Crippen LogP contribution is 2.14. The molecule has 0 heterocycles. The van der Waals surface area contributed by atoms with E-state index in [2.05, 4.69) is 17.3 Å². The van der Waals surface area contributed by atoms with Gasteiger partial charge in [-0.3, -0.25) is 0 Å². The fourth-order valence-electron chi connectivity index (χ4n) is 1.17. The summed E-state index contributed by atoms with van der Waals surface area (Å²) < 4.78 is 0. The van der Waals surface area contributed by atoms with Gasteiger partial charge in [-0.15, -0.1) is 6.42 Å². The smallest absolute Gasteiger partial charge is 0.101 e. The summed E-state index contributed by atoms with van der Waals surface area (Å²) in [5.74, 6) is 2.55. The number of nitrogens with one attached hydrogen (secondary N) is 1. The highest BCUT2D eigenvalue weighted by molar-refractivity contribution is 5.52. The van der Waals surface area contributed by atoms with Crippen molar-refractivity contribution in [2.45, 2.75) is 19.4 Å². The normalized spacial score (nSPS) is 11.1. The quantitative estimate of drug-likeness (QED) is 0.732. The van der Waals surface area contributed by atoms with Crippen LogP contribution in [-0.4, -0.2) is 6.04 Å². The second kappa shape index (κ2) is 4.94. The summed E-state index contributed by atoms with van der Waals surface area (Å²) in [7, 11) is 0. The average molecular weight is 184 g/mol. The molecule has 2 nitrogen and oxygen atoms in total. The zero-order chi connectivity index (χ0) is 10.4. The van der Waals surface area contributed by atoms with E-state index in [1.165, 1.54) is 0 Å². The number of benzene rings is 1. The van der Waals surface area contributed by atoms with E-state index in [0.717, 1.165) is 11.3 Å². The van der Waals surface area contributed by atoms with Crippen LogP contribution in [0.1, 0.15) is 12.0 Å². The van der Waals surface area contributed by atoms with Gasteiger partial charge in [-0.1, -0.05) is 24.1 Å². The van der Waals surface area contributed by atoms with Gasteiger partial charge >= 0.3 is 0 Å². The van der Waals surface area contributed by atoms with Gasteiger partial charge in [-0.2, -0.15) is 5.26 Å². The van der Waals surface area contributed by atoms with Crippen LogP contribution < -0.4 is 5.32 Å². The second-order valence-electron chi connectivity index (χ2n) is 3.04. The average Bonchev–Trinajstić information content (AvgIpc) is 2.20. The predicted molar refractivity (Wildman–Crippen MR) is 57.7 cm³/mol. The van der Waals surface area contributed by atoms with Gasteiger partial charge in [0.1, 0.15) is 6.04 Å². The van der Waals surface area contributed by atoms with E-state index in [-0.39, 0.29) is 6.04 Å². The Balaban J connectivity index is 2.74. The fourth-order valence-corrected chi connectivity index (χ4v) is 1.17. The lowest BCUT2D eigenvalue weighted by molar-refractivity contribution is 0.929. The highest BCUT2D eigenvalue weighted by atomic mass is 14.9. The number of aryl methyl sites for hydroxylation is 1. The monoisotopic (exact) mass is 184 g/mol. The Labute approximate surface area is 84.6 Å². The molecule has 0 aromatic heterocycles. The SMILES string of the molecule is C#CC(CC#N)Nc1ccccc1C. The molecule has 1 aromatic carbocycles. The molecule has 1 N–H and O–H groups in total. The summed E-state index contributed by atoms with van der Waals surface area (Å²) in [6.07, 6.45) is 5.62. The van der Waals surface area contributed by atoms with Crippen LogP contribution in [0.5, 0.6) is 0 Å². The molecule has 2 heteroatoms. The molecule has 0 aliphatic carbocycles. The third-order valence-corrected chi connectivity index (χ3v) is 1.97. The summed E-state index contributed by atoms with van der Waals surface area (Å²) >= 11 is 0. The molecule has 0 radical (unpaired) electrons. The molecule has 0 spiro atoms. The van der Waals surface area contributed by atoms with Gasteiger partial charge in [-0.25, -0.2) is 0 Å². The highest BCUT2D eigenvalue weighted by Gasteiger charge is 2.04. The maximum Gasteiger partial charge on any atom is 0.101 e. The van der Waals surface area contributed by atoms with E-state index in [4.69, 9.17) is 11.7 Å². The van der Waals surface area contributed by atoms with Crippen LogP contribution in [0.15, 0.2) is 24.3 Å². The maximum absolute atomic E-state index is 8.53. The van der Waals surface area contributed by atoms with Crippen molar-refractivity contribution < 1.29 is 0 Å². The molecule has 1 rings (SSSR count). The predicted octanol–water partition coefficient (Wildman–Crippen LogP) is 2.32. The molecule has 1 atom stereocenters. The lowest BCUT2D eigenvalue weighted by Crippen LogP contribution is -2.16. The van der Waals surface area contributed by atoms with Crippen molar-refractivity contribution in [3.8, 4) is 18.4 Å². The standard InChI is InChI=1S/C12H12N2/c1-3-11(8-9-13)14-12-7-5-4-6-10(12)2/h1,4-7,11,14H,8H2,2H3. The number of nitriles is 1. The molecule has 0 saturated carbocycles. The molecule has 0 saturated heterocycles. The van der Waals surface area contributed by atoms with Gasteiger partial charge in [0.2, 0.25) is 0 Å². The number of anilines is 1. The van der Waals surface area contributed by atoms with Gasteiger partial charge in [0, 0.05) is 5.69 Å². The topological polar surface area (TPSA) is 35.8 Å². The van der Waals surface area contributed by atoms with Crippen molar-refractivity contribution in [2.24, 2.45) is 0 Å². The zero-order valence-electron chi connectivity index (χ0n) is 8.12. The van der Waals surface area contributed by atoms with E-state index < -0.39 is 0 Å². The Bertz CT molecular complexity index is 382. The molecular formula is C12H12N2. The Hall–Kier alpha value is -1.93. The Morgan fingerprint density at radius 1 is 1.50 bits per heavy atom. The third kappa shape index (κ3) is 2.54. The van der Waals surface area contributed by atoms with Crippen molar-refractivity contribution in [1.82, 2.24) is 0 Å². The van der Waals surface area contributed by atoms with Crippen LogP contribution in [0, 0.1) is 30.6 Å². The van der Waals surface area contributed by atoms with Gasteiger partial charge in [0.25, 0.3) is 0 Å². The number of hydrogen-bond acceptors (Lipinski definition) is 2. The summed E-state index contributed by atoms with van der Waals surface area (Å²) in [5.41, 5.74) is 2.12. The molecule has 0 aliphatic rings. The minimum Gasteiger partial charge on any atom is -0.370 e. The number of hydrogen-bond donors (Lipinski definition) is 1. The summed E-state index contributed by atoms with van der Waals surface area (Å²) in [5, 5.41) is 11.7.